The smallest absolute Gasteiger partial charge is 0.128 e. The molecule has 0 radical (unpaired) electrons. The van der Waals surface area contributed by atoms with Gasteiger partial charge < -0.3 is 10.6 Å². The number of nitrogens with two attached hydrogens (primary N) is 1. The molecule has 1 aliphatic rings. The summed E-state index contributed by atoms with van der Waals surface area (Å²) in [6.07, 6.45) is 7.15. The molecule has 0 bridgehead atoms. The van der Waals surface area contributed by atoms with Crippen LogP contribution in [-0.2, 0) is 6.54 Å². The number of pyridine rings is 1. The van der Waals surface area contributed by atoms with Gasteiger partial charge in [0, 0.05) is 25.8 Å². The predicted molar refractivity (Wildman–Crippen MR) is 72.0 cm³/mol. The number of nitrogens with zero attached hydrogens (tertiary/aromatic N) is 2. The Morgan fingerprint density at radius 3 is 3.00 bits per heavy atom. The summed E-state index contributed by atoms with van der Waals surface area (Å²) < 4.78 is 0. The first-order chi connectivity index (χ1) is 8.20. The Morgan fingerprint density at radius 1 is 1.47 bits per heavy atom. The number of rotatable bonds is 3. The van der Waals surface area contributed by atoms with Gasteiger partial charge in [0.1, 0.15) is 5.82 Å². The predicted octanol–water partition coefficient (Wildman–Crippen LogP) is 2.56. The lowest BCUT2D eigenvalue weighted by molar-refractivity contribution is 0.335. The zero-order chi connectivity index (χ0) is 12.3. The molecular formula is C14H23N3. The third-order valence-corrected chi connectivity index (χ3v) is 3.86. The van der Waals surface area contributed by atoms with Crippen LogP contribution in [0.3, 0.4) is 0 Å². The van der Waals surface area contributed by atoms with Crippen LogP contribution < -0.4 is 10.6 Å². The fraction of sp³-hybridized carbons (Fsp3) is 0.643. The molecule has 2 atom stereocenters. The second kappa shape index (κ2) is 5.50. The first-order valence-corrected chi connectivity index (χ1v) is 6.58. The Labute approximate surface area is 104 Å². The van der Waals surface area contributed by atoms with Crippen molar-refractivity contribution in [3.05, 3.63) is 23.9 Å². The van der Waals surface area contributed by atoms with E-state index < -0.39 is 0 Å². The fourth-order valence-corrected chi connectivity index (χ4v) is 2.72. The lowest BCUT2D eigenvalue weighted by atomic mass is 9.86. The van der Waals surface area contributed by atoms with Crippen molar-refractivity contribution in [1.29, 1.82) is 0 Å². The van der Waals surface area contributed by atoms with Crippen molar-refractivity contribution in [1.82, 2.24) is 4.98 Å². The second-order valence-electron chi connectivity index (χ2n) is 5.26. The highest BCUT2D eigenvalue weighted by molar-refractivity contribution is 5.41. The highest BCUT2D eigenvalue weighted by Crippen LogP contribution is 2.28. The number of anilines is 1. The standard InChI is InChI=1S/C14H23N3/c1-11-4-3-5-13(8-11)17(2)14-9-12(10-15)6-7-16-14/h6-7,9,11,13H,3-5,8,10,15H2,1-2H3. The molecule has 0 saturated heterocycles. The topological polar surface area (TPSA) is 42.1 Å². The molecule has 1 aromatic rings. The molecule has 0 amide bonds. The SMILES string of the molecule is CC1CCCC(N(C)c2cc(CN)ccn2)C1. The Balaban J connectivity index is 2.09. The van der Waals surface area contributed by atoms with Gasteiger partial charge in [-0.05, 0) is 36.5 Å². The summed E-state index contributed by atoms with van der Waals surface area (Å²) in [7, 11) is 2.16. The average molecular weight is 233 g/mol. The normalized spacial score (nSPS) is 24.6. The molecule has 1 heterocycles. The quantitative estimate of drug-likeness (QED) is 0.872. The van der Waals surface area contributed by atoms with Crippen molar-refractivity contribution in [2.75, 3.05) is 11.9 Å². The Hall–Kier alpha value is -1.09. The van der Waals surface area contributed by atoms with Crippen LogP contribution in [-0.4, -0.2) is 18.1 Å². The lowest BCUT2D eigenvalue weighted by Gasteiger charge is -2.35. The summed E-state index contributed by atoms with van der Waals surface area (Å²) >= 11 is 0. The molecule has 0 aliphatic heterocycles. The van der Waals surface area contributed by atoms with Crippen LogP contribution in [0, 0.1) is 5.92 Å². The van der Waals surface area contributed by atoms with Gasteiger partial charge in [-0.1, -0.05) is 19.8 Å². The molecule has 3 nitrogen and oxygen atoms in total. The van der Waals surface area contributed by atoms with Gasteiger partial charge in [-0.3, -0.25) is 0 Å². The van der Waals surface area contributed by atoms with E-state index in [-0.39, 0.29) is 0 Å². The van der Waals surface area contributed by atoms with Crippen LogP contribution in [0.5, 0.6) is 0 Å². The van der Waals surface area contributed by atoms with E-state index in [4.69, 9.17) is 5.73 Å². The summed E-state index contributed by atoms with van der Waals surface area (Å²) in [5.74, 6) is 1.90. The fourth-order valence-electron chi connectivity index (χ4n) is 2.72. The molecule has 2 unspecified atom stereocenters. The summed E-state index contributed by atoms with van der Waals surface area (Å²) in [5, 5.41) is 0. The zero-order valence-corrected chi connectivity index (χ0v) is 10.9. The van der Waals surface area contributed by atoms with Crippen molar-refractivity contribution in [3.8, 4) is 0 Å². The van der Waals surface area contributed by atoms with Gasteiger partial charge in [0.2, 0.25) is 0 Å². The minimum absolute atomic E-state index is 0.588. The van der Waals surface area contributed by atoms with Crippen LogP contribution >= 0.6 is 0 Å². The highest BCUT2D eigenvalue weighted by atomic mass is 15.2. The summed E-state index contributed by atoms with van der Waals surface area (Å²) in [4.78, 5) is 6.79. The number of hydrogen-bond donors (Lipinski definition) is 1. The van der Waals surface area contributed by atoms with E-state index in [2.05, 4.69) is 29.9 Å². The third-order valence-electron chi connectivity index (χ3n) is 3.86. The van der Waals surface area contributed by atoms with E-state index in [9.17, 15) is 0 Å². The van der Waals surface area contributed by atoms with E-state index >= 15 is 0 Å². The number of hydrogen-bond acceptors (Lipinski definition) is 3. The van der Waals surface area contributed by atoms with Crippen LogP contribution in [0.4, 0.5) is 5.82 Å². The Kier molecular flexibility index (Phi) is 4.00. The van der Waals surface area contributed by atoms with E-state index in [1.54, 1.807) is 0 Å². The van der Waals surface area contributed by atoms with Crippen LogP contribution in [0.2, 0.25) is 0 Å². The maximum absolute atomic E-state index is 5.67. The maximum atomic E-state index is 5.67. The molecular weight excluding hydrogens is 210 g/mol. The first kappa shape index (κ1) is 12.4. The van der Waals surface area contributed by atoms with Gasteiger partial charge in [-0.15, -0.1) is 0 Å². The average Bonchev–Trinajstić information content (AvgIpc) is 2.38. The molecule has 0 aromatic carbocycles. The van der Waals surface area contributed by atoms with Gasteiger partial charge in [0.05, 0.1) is 0 Å². The Morgan fingerprint density at radius 2 is 2.29 bits per heavy atom. The maximum Gasteiger partial charge on any atom is 0.128 e. The minimum Gasteiger partial charge on any atom is -0.357 e. The van der Waals surface area contributed by atoms with Gasteiger partial charge in [-0.2, -0.15) is 0 Å². The minimum atomic E-state index is 0.588. The molecule has 1 aliphatic carbocycles. The van der Waals surface area contributed by atoms with Crippen LogP contribution in [0.1, 0.15) is 38.2 Å². The zero-order valence-electron chi connectivity index (χ0n) is 10.9. The Bertz CT molecular complexity index is 364. The first-order valence-electron chi connectivity index (χ1n) is 6.58. The summed E-state index contributed by atoms with van der Waals surface area (Å²) in [5.41, 5.74) is 6.83. The van der Waals surface area contributed by atoms with Gasteiger partial charge >= 0.3 is 0 Å². The monoisotopic (exact) mass is 233 g/mol. The third kappa shape index (κ3) is 2.97. The van der Waals surface area contributed by atoms with Crippen LogP contribution in [0.15, 0.2) is 18.3 Å². The van der Waals surface area contributed by atoms with Gasteiger partial charge in [0.25, 0.3) is 0 Å². The molecule has 2 N–H and O–H groups in total. The van der Waals surface area contributed by atoms with Gasteiger partial charge in [-0.25, -0.2) is 4.98 Å². The molecule has 1 saturated carbocycles. The molecule has 3 heteroatoms. The molecule has 94 valence electrons. The molecule has 0 spiro atoms. The molecule has 1 aromatic heterocycles. The molecule has 2 rings (SSSR count). The second-order valence-corrected chi connectivity index (χ2v) is 5.26. The largest absolute Gasteiger partial charge is 0.357 e. The molecule has 1 fully saturated rings. The van der Waals surface area contributed by atoms with Crippen molar-refractivity contribution < 1.29 is 0 Å². The van der Waals surface area contributed by atoms with Gasteiger partial charge in [0.15, 0.2) is 0 Å². The van der Waals surface area contributed by atoms with Crippen molar-refractivity contribution in [2.45, 2.75) is 45.2 Å². The number of aromatic nitrogens is 1. The van der Waals surface area contributed by atoms with Crippen molar-refractivity contribution in [3.63, 3.8) is 0 Å². The van der Waals surface area contributed by atoms with E-state index in [0.717, 1.165) is 17.3 Å². The van der Waals surface area contributed by atoms with E-state index in [1.165, 1.54) is 25.7 Å². The summed E-state index contributed by atoms with van der Waals surface area (Å²) in [6, 6.07) is 4.74. The van der Waals surface area contributed by atoms with Crippen LogP contribution in [0.25, 0.3) is 0 Å². The van der Waals surface area contributed by atoms with E-state index in [0.29, 0.717) is 12.6 Å². The molecule has 17 heavy (non-hydrogen) atoms. The van der Waals surface area contributed by atoms with Crippen molar-refractivity contribution >= 4 is 5.82 Å². The van der Waals surface area contributed by atoms with Crippen molar-refractivity contribution in [2.24, 2.45) is 11.7 Å². The summed E-state index contributed by atoms with van der Waals surface area (Å²) in [6.45, 7) is 2.94. The lowest BCUT2D eigenvalue weighted by Crippen LogP contribution is -2.36. The highest BCUT2D eigenvalue weighted by Gasteiger charge is 2.23. The van der Waals surface area contributed by atoms with E-state index in [1.807, 2.05) is 12.3 Å².